The Morgan fingerprint density at radius 2 is 1.50 bits per heavy atom. The van der Waals surface area contributed by atoms with Crippen LogP contribution >= 0.6 is 45.2 Å². The number of halogens is 7. The molecule has 1 aliphatic rings. The van der Waals surface area contributed by atoms with Gasteiger partial charge in [-0.3, -0.25) is 4.79 Å². The van der Waals surface area contributed by atoms with Gasteiger partial charge < -0.3 is 9.47 Å². The number of rotatable bonds is 7. The molecule has 0 unspecified atom stereocenters. The van der Waals surface area contributed by atoms with Gasteiger partial charge >= 0.3 is 5.97 Å². The third-order valence-electron chi connectivity index (χ3n) is 5.64. The fraction of sp³-hybridized carbons (Fsp3) is 0.148. The molecule has 0 aliphatic carbocycles. The number of amides is 1. The van der Waals surface area contributed by atoms with Crippen LogP contribution in [-0.4, -0.2) is 24.2 Å². The molecule has 0 fully saturated rings. The highest BCUT2D eigenvalue weighted by Gasteiger charge is 2.37. The zero-order valence-corrected chi connectivity index (χ0v) is 24.9. The largest absolute Gasteiger partial charge is 0.487 e. The minimum atomic E-state index is -2.33. The van der Waals surface area contributed by atoms with E-state index in [1.807, 2.05) is 45.2 Å². The summed E-state index contributed by atoms with van der Waals surface area (Å²) in [6, 6.07) is 10.1. The summed E-state index contributed by atoms with van der Waals surface area (Å²) in [6.45, 7) is 3.57. The van der Waals surface area contributed by atoms with Crippen LogP contribution < -0.4 is 9.75 Å². The van der Waals surface area contributed by atoms with Crippen LogP contribution in [0.1, 0.15) is 35.3 Å². The maximum absolute atomic E-state index is 14.3. The molecule has 3 aromatic carbocycles. The van der Waals surface area contributed by atoms with Crippen molar-refractivity contribution in [2.24, 2.45) is 5.10 Å². The Bertz CT molecular complexity index is 1540. The van der Waals surface area contributed by atoms with Crippen molar-refractivity contribution in [3.05, 3.63) is 94.9 Å². The Morgan fingerprint density at radius 3 is 2.05 bits per heavy atom. The maximum Gasteiger partial charge on any atom is 0.338 e. The molecule has 4 rings (SSSR count). The third-order valence-corrected chi connectivity index (χ3v) is 7.24. The van der Waals surface area contributed by atoms with E-state index in [1.165, 1.54) is 13.0 Å². The number of hydrazone groups is 1. The molecule has 0 atom stereocenters. The third kappa shape index (κ3) is 5.84. The van der Waals surface area contributed by atoms with Gasteiger partial charge in [0.15, 0.2) is 23.3 Å². The van der Waals surface area contributed by atoms with Crippen LogP contribution in [0.3, 0.4) is 0 Å². The van der Waals surface area contributed by atoms with Gasteiger partial charge in [-0.1, -0.05) is 12.1 Å². The lowest BCUT2D eigenvalue weighted by atomic mass is 10.1. The quantitative estimate of drug-likeness (QED) is 0.0638. The molecule has 0 saturated carbocycles. The van der Waals surface area contributed by atoms with Crippen LogP contribution in [0.25, 0.3) is 6.08 Å². The Labute approximate surface area is 252 Å². The van der Waals surface area contributed by atoms with Gasteiger partial charge in [0.25, 0.3) is 5.91 Å². The Hall–Kier alpha value is -3.08. The maximum atomic E-state index is 14.3. The van der Waals surface area contributed by atoms with Gasteiger partial charge in [-0.2, -0.15) is 10.1 Å². The van der Waals surface area contributed by atoms with Crippen LogP contribution in [0.15, 0.2) is 47.1 Å². The molecule has 0 spiro atoms. The Kier molecular flexibility index (Phi) is 9.12. The minimum absolute atomic E-state index is 0.0190. The fourth-order valence-corrected chi connectivity index (χ4v) is 5.82. The summed E-state index contributed by atoms with van der Waals surface area (Å²) < 4.78 is 81.7. The van der Waals surface area contributed by atoms with Crippen molar-refractivity contribution in [2.45, 2.75) is 20.5 Å². The Balaban J connectivity index is 1.55. The molecular weight excluding hydrogens is 765 g/mol. The molecule has 0 saturated heterocycles. The van der Waals surface area contributed by atoms with Gasteiger partial charge in [0.05, 0.1) is 30.6 Å². The number of carbonyl (C=O) groups is 2. The molecule has 3 aromatic rings. The first-order valence-electron chi connectivity index (χ1n) is 11.5. The van der Waals surface area contributed by atoms with E-state index < -0.39 is 46.6 Å². The van der Waals surface area contributed by atoms with E-state index in [9.17, 15) is 31.5 Å². The summed E-state index contributed by atoms with van der Waals surface area (Å²) in [5, 5.41) is 3.91. The molecule has 0 radical (unpaired) electrons. The van der Waals surface area contributed by atoms with E-state index in [1.54, 1.807) is 43.3 Å². The average molecular weight is 782 g/mol. The molecule has 0 N–H and O–H groups in total. The van der Waals surface area contributed by atoms with Crippen molar-refractivity contribution in [3.8, 4) is 5.75 Å². The monoisotopic (exact) mass is 782 g/mol. The summed E-state index contributed by atoms with van der Waals surface area (Å²) in [5.41, 5.74) is 0.217. The fourth-order valence-electron chi connectivity index (χ4n) is 3.69. The minimum Gasteiger partial charge on any atom is -0.487 e. The molecule has 1 heterocycles. The number of carbonyl (C=O) groups excluding carboxylic acids is 2. The normalized spacial score (nSPS) is 14.1. The average Bonchev–Trinajstić information content (AvgIpc) is 3.19. The van der Waals surface area contributed by atoms with Crippen molar-refractivity contribution in [1.82, 2.24) is 0 Å². The molecule has 1 aliphatic heterocycles. The summed E-state index contributed by atoms with van der Waals surface area (Å²) in [7, 11) is 0. The Morgan fingerprint density at radius 1 is 0.950 bits per heavy atom. The van der Waals surface area contributed by atoms with Crippen molar-refractivity contribution >= 4 is 74.5 Å². The zero-order chi connectivity index (χ0) is 29.3. The topological polar surface area (TPSA) is 68.2 Å². The van der Waals surface area contributed by atoms with Crippen molar-refractivity contribution in [3.63, 3.8) is 0 Å². The second-order valence-corrected chi connectivity index (χ2v) is 10.6. The zero-order valence-electron chi connectivity index (χ0n) is 20.6. The summed E-state index contributed by atoms with van der Waals surface area (Å²) in [5.74, 6) is -11.9. The first kappa shape index (κ1) is 29.9. The van der Waals surface area contributed by atoms with Crippen molar-refractivity contribution in [1.29, 1.82) is 0 Å². The first-order chi connectivity index (χ1) is 18.9. The van der Waals surface area contributed by atoms with Crippen molar-refractivity contribution < 1.29 is 41.0 Å². The first-order valence-corrected chi connectivity index (χ1v) is 13.6. The van der Waals surface area contributed by atoms with Gasteiger partial charge in [-0.15, -0.1) is 0 Å². The van der Waals surface area contributed by atoms with E-state index in [0.29, 0.717) is 24.0 Å². The molecule has 0 bridgehead atoms. The predicted octanol–water partition coefficient (Wildman–Crippen LogP) is 7.15. The highest BCUT2D eigenvalue weighted by Crippen LogP contribution is 2.35. The van der Waals surface area contributed by atoms with Crippen LogP contribution in [0.2, 0.25) is 0 Å². The van der Waals surface area contributed by atoms with E-state index in [4.69, 9.17) is 9.47 Å². The molecular formula is C27H17F5I2N2O4. The number of benzene rings is 3. The molecule has 208 valence electrons. The summed E-state index contributed by atoms with van der Waals surface area (Å²) in [6.07, 6.45) is 1.40. The number of esters is 1. The second kappa shape index (κ2) is 12.2. The lowest BCUT2D eigenvalue weighted by molar-refractivity contribution is -0.114. The van der Waals surface area contributed by atoms with E-state index in [-0.39, 0.29) is 29.5 Å². The molecule has 13 heteroatoms. The number of nitrogens with zero attached hydrogens (tertiary/aromatic N) is 2. The molecule has 40 heavy (non-hydrogen) atoms. The summed E-state index contributed by atoms with van der Waals surface area (Å²) in [4.78, 5) is 24.8. The van der Waals surface area contributed by atoms with Gasteiger partial charge in [0.2, 0.25) is 5.82 Å². The van der Waals surface area contributed by atoms with Crippen LogP contribution in [-0.2, 0) is 16.1 Å². The highest BCUT2D eigenvalue weighted by atomic mass is 127. The number of ether oxygens (including phenoxy) is 2. The lowest BCUT2D eigenvalue weighted by Crippen LogP contribution is -2.25. The lowest BCUT2D eigenvalue weighted by Gasteiger charge is -2.15. The molecule has 0 aromatic heterocycles. The standard InChI is InChI=1S/C27H17F5I2N2O4/c1-3-39-27(38)15-6-4-13(5-7-15)11-40-25-17(33)9-14(10-18(25)34)8-16-12(2)35-36(26(16)37)24-22(31)20(29)19(28)21(30)23(24)32/h4-10H,3,11H2,1-2H3/b16-8-. The van der Waals surface area contributed by atoms with Crippen molar-refractivity contribution in [2.75, 3.05) is 11.6 Å². The molecule has 1 amide bonds. The van der Waals surface area contributed by atoms with E-state index in [2.05, 4.69) is 5.10 Å². The molecule has 6 nitrogen and oxygen atoms in total. The second-order valence-electron chi connectivity index (χ2n) is 8.30. The van der Waals surface area contributed by atoms with E-state index in [0.717, 1.165) is 5.56 Å². The van der Waals surface area contributed by atoms with Crippen LogP contribution in [0, 0.1) is 36.2 Å². The number of hydrogen-bond acceptors (Lipinski definition) is 5. The number of anilines is 1. The SMILES string of the molecule is CCOC(=O)c1ccc(COc2c(I)cc(/C=C3\C(=O)N(c4c(F)c(F)c(F)c(F)c4F)N=C3C)cc2I)cc1. The predicted molar refractivity (Wildman–Crippen MR) is 153 cm³/mol. The van der Waals surface area contributed by atoms with Gasteiger partial charge in [0, 0.05) is 0 Å². The highest BCUT2D eigenvalue weighted by molar-refractivity contribution is 14.1. The van der Waals surface area contributed by atoms with Gasteiger partial charge in [-0.05, 0) is 100 Å². The van der Waals surface area contributed by atoms with Gasteiger partial charge in [-0.25, -0.2) is 26.7 Å². The smallest absolute Gasteiger partial charge is 0.338 e. The number of hydrogen-bond donors (Lipinski definition) is 0. The van der Waals surface area contributed by atoms with Crippen LogP contribution in [0.4, 0.5) is 27.6 Å². The van der Waals surface area contributed by atoms with E-state index >= 15 is 0 Å². The summed E-state index contributed by atoms with van der Waals surface area (Å²) >= 11 is 4.09. The van der Waals surface area contributed by atoms with Gasteiger partial charge in [0.1, 0.15) is 18.0 Å². The van der Waals surface area contributed by atoms with Crippen LogP contribution in [0.5, 0.6) is 5.75 Å².